The summed E-state index contributed by atoms with van der Waals surface area (Å²) in [6, 6.07) is 18.4. The van der Waals surface area contributed by atoms with E-state index in [0.717, 1.165) is 44.0 Å². The fourth-order valence-electron chi connectivity index (χ4n) is 3.72. The van der Waals surface area contributed by atoms with Crippen LogP contribution >= 0.6 is 11.3 Å². The van der Waals surface area contributed by atoms with Gasteiger partial charge in [0, 0.05) is 11.1 Å². The Kier molecular flexibility index (Phi) is 5.25. The summed E-state index contributed by atoms with van der Waals surface area (Å²) in [6.45, 7) is 0.727. The van der Waals surface area contributed by atoms with Crippen molar-refractivity contribution in [1.82, 2.24) is 29.7 Å². The first-order valence-corrected chi connectivity index (χ1v) is 11.6. The number of nitrogen functional groups attached to an aromatic ring is 1. The van der Waals surface area contributed by atoms with Gasteiger partial charge in [0.15, 0.2) is 5.82 Å². The van der Waals surface area contributed by atoms with E-state index in [9.17, 15) is 0 Å². The highest BCUT2D eigenvalue weighted by Gasteiger charge is 2.10. The molecule has 0 radical (unpaired) electrons. The predicted molar refractivity (Wildman–Crippen MR) is 138 cm³/mol. The van der Waals surface area contributed by atoms with Crippen molar-refractivity contribution in [1.29, 1.82) is 0 Å². The summed E-state index contributed by atoms with van der Waals surface area (Å²) in [6.07, 6.45) is 6.49. The number of nitrogens with zero attached hydrogens (tertiary/aromatic N) is 6. The highest BCUT2D eigenvalue weighted by atomic mass is 32.1. The van der Waals surface area contributed by atoms with Crippen molar-refractivity contribution in [2.24, 2.45) is 0 Å². The van der Waals surface area contributed by atoms with Gasteiger partial charge >= 0.3 is 0 Å². The number of nitrogens with two attached hydrogens (primary N) is 1. The van der Waals surface area contributed by atoms with Crippen LogP contribution in [0.2, 0.25) is 0 Å². The summed E-state index contributed by atoms with van der Waals surface area (Å²) in [5.41, 5.74) is 10.2. The average molecular weight is 475 g/mol. The van der Waals surface area contributed by atoms with Crippen LogP contribution < -0.4 is 11.1 Å². The number of nitrogens with one attached hydrogen (secondary N) is 1. The van der Waals surface area contributed by atoms with E-state index >= 15 is 0 Å². The summed E-state index contributed by atoms with van der Waals surface area (Å²) < 4.78 is 2.94. The van der Waals surface area contributed by atoms with Crippen molar-refractivity contribution in [3.05, 3.63) is 95.6 Å². The zero-order valence-corrected chi connectivity index (χ0v) is 19.2. The largest absolute Gasteiger partial charge is 0.382 e. The van der Waals surface area contributed by atoms with Crippen molar-refractivity contribution < 1.29 is 0 Å². The van der Waals surface area contributed by atoms with Crippen molar-refractivity contribution in [2.45, 2.75) is 6.54 Å². The first-order valence-electron chi connectivity index (χ1n) is 10.8. The topological polar surface area (TPSA) is 107 Å². The summed E-state index contributed by atoms with van der Waals surface area (Å²) in [4.78, 5) is 17.9. The number of fused-ring (bicyclic) bond motifs is 2. The number of aromatic nitrogens is 6. The number of anilines is 3. The maximum atomic E-state index is 5.58. The minimum atomic E-state index is 0.366. The minimum absolute atomic E-state index is 0.366. The van der Waals surface area contributed by atoms with Crippen LogP contribution in [0.1, 0.15) is 16.1 Å². The molecule has 0 unspecified atom stereocenters. The molecule has 0 amide bonds. The maximum Gasteiger partial charge on any atom is 0.151 e. The second-order valence-electron chi connectivity index (χ2n) is 7.81. The summed E-state index contributed by atoms with van der Waals surface area (Å²) in [7, 11) is 0. The molecule has 4 heterocycles. The highest BCUT2D eigenvalue weighted by Crippen LogP contribution is 2.31. The first kappa shape index (κ1) is 20.8. The molecule has 0 aliphatic carbocycles. The third kappa shape index (κ3) is 4.38. The van der Waals surface area contributed by atoms with E-state index in [1.54, 1.807) is 12.5 Å². The lowest BCUT2D eigenvalue weighted by atomic mass is 10.2. The highest BCUT2D eigenvalue weighted by molar-refractivity contribution is 7.20. The molecule has 0 atom stereocenters. The third-order valence-electron chi connectivity index (χ3n) is 5.38. The van der Waals surface area contributed by atoms with E-state index in [4.69, 9.17) is 5.73 Å². The zero-order chi connectivity index (χ0) is 23.6. The van der Waals surface area contributed by atoms with Gasteiger partial charge in [-0.2, -0.15) is 5.10 Å². The van der Waals surface area contributed by atoms with E-state index in [0.29, 0.717) is 11.5 Å². The monoisotopic (exact) mass is 474 g/mol. The van der Waals surface area contributed by atoms with Crippen molar-refractivity contribution in [3.8, 4) is 11.8 Å². The van der Waals surface area contributed by atoms with Crippen molar-refractivity contribution >= 4 is 49.8 Å². The SMILES string of the molecule is Nc1cnc(C#Cc2cc3ncnc(Nc4ccc5c(cnn5Cc5ccccc5)c4)c3s2)cn1. The Morgan fingerprint density at radius 3 is 2.69 bits per heavy atom. The van der Waals surface area contributed by atoms with Crippen LogP contribution in [-0.2, 0) is 6.54 Å². The molecule has 168 valence electrons. The van der Waals surface area contributed by atoms with Gasteiger partial charge in [0.1, 0.15) is 17.8 Å². The molecule has 9 heteroatoms. The van der Waals surface area contributed by atoms with Gasteiger partial charge in [0.25, 0.3) is 0 Å². The molecule has 0 fully saturated rings. The molecule has 3 N–H and O–H groups in total. The summed E-state index contributed by atoms with van der Waals surface area (Å²) >= 11 is 1.52. The van der Waals surface area contributed by atoms with Crippen LogP contribution in [0.25, 0.3) is 21.1 Å². The molecule has 2 aromatic carbocycles. The minimum Gasteiger partial charge on any atom is -0.382 e. The normalized spacial score (nSPS) is 10.9. The molecule has 0 aliphatic rings. The quantitative estimate of drug-likeness (QED) is 0.359. The smallest absolute Gasteiger partial charge is 0.151 e. The number of benzene rings is 2. The molecule has 0 spiro atoms. The fraction of sp³-hybridized carbons (Fsp3) is 0.0385. The van der Waals surface area contributed by atoms with Gasteiger partial charge in [0.05, 0.1) is 45.7 Å². The Morgan fingerprint density at radius 2 is 1.83 bits per heavy atom. The fourth-order valence-corrected chi connectivity index (χ4v) is 4.63. The van der Waals surface area contributed by atoms with Gasteiger partial charge in [-0.25, -0.2) is 19.9 Å². The molecule has 0 saturated heterocycles. The van der Waals surface area contributed by atoms with E-state index in [1.807, 2.05) is 41.2 Å². The predicted octanol–water partition coefficient (Wildman–Crippen LogP) is 4.60. The zero-order valence-electron chi connectivity index (χ0n) is 18.4. The molecular weight excluding hydrogens is 456 g/mol. The van der Waals surface area contributed by atoms with Gasteiger partial charge < -0.3 is 11.1 Å². The van der Waals surface area contributed by atoms with Crippen molar-refractivity contribution in [2.75, 3.05) is 11.1 Å². The molecule has 8 nitrogen and oxygen atoms in total. The Labute approximate surface area is 204 Å². The standard InChI is InChI=1S/C26H18N8S/c27-24-14-28-20(13-29-24)6-8-21-11-22-25(35-21)26(31-16-30-22)33-19-7-9-23-18(10-19)12-32-34(23)15-17-4-2-1-3-5-17/h1-5,7,9-14,16H,15H2,(H2,27,29)(H,30,31,33). The van der Waals surface area contributed by atoms with E-state index in [2.05, 4.69) is 66.5 Å². The Balaban J connectivity index is 1.26. The van der Waals surface area contributed by atoms with Gasteiger partial charge in [0.2, 0.25) is 0 Å². The summed E-state index contributed by atoms with van der Waals surface area (Å²) in [5, 5.41) is 9.06. The lowest BCUT2D eigenvalue weighted by Gasteiger charge is -2.07. The molecule has 0 bridgehead atoms. The molecule has 0 aliphatic heterocycles. The first-order chi connectivity index (χ1) is 17.2. The summed E-state index contributed by atoms with van der Waals surface area (Å²) in [5.74, 6) is 7.24. The van der Waals surface area contributed by atoms with Crippen LogP contribution in [0, 0.1) is 11.8 Å². The Morgan fingerprint density at radius 1 is 0.914 bits per heavy atom. The average Bonchev–Trinajstić information content (AvgIpc) is 3.49. The molecular formula is C26H18N8S. The molecule has 6 rings (SSSR count). The lowest BCUT2D eigenvalue weighted by molar-refractivity contribution is 0.712. The maximum absolute atomic E-state index is 5.58. The number of hydrogen-bond acceptors (Lipinski definition) is 8. The van der Waals surface area contributed by atoms with Crippen LogP contribution in [0.4, 0.5) is 17.3 Å². The van der Waals surface area contributed by atoms with Crippen molar-refractivity contribution in [3.63, 3.8) is 0 Å². The van der Waals surface area contributed by atoms with E-state index in [-0.39, 0.29) is 0 Å². The second kappa shape index (κ2) is 8.85. The van der Waals surface area contributed by atoms with Gasteiger partial charge in [-0.05, 0) is 41.7 Å². The number of rotatable bonds is 4. The Bertz CT molecular complexity index is 1710. The van der Waals surface area contributed by atoms with E-state index < -0.39 is 0 Å². The van der Waals surface area contributed by atoms with Gasteiger partial charge in [-0.15, -0.1) is 11.3 Å². The Hall–Kier alpha value is -4.81. The second-order valence-corrected chi connectivity index (χ2v) is 8.86. The van der Waals surface area contributed by atoms with Gasteiger partial charge in [-0.1, -0.05) is 30.3 Å². The molecule has 6 aromatic rings. The molecule has 35 heavy (non-hydrogen) atoms. The molecule has 0 saturated carbocycles. The van der Waals surface area contributed by atoms with Gasteiger partial charge in [-0.3, -0.25) is 4.68 Å². The van der Waals surface area contributed by atoms with Crippen LogP contribution in [0.15, 0.2) is 79.5 Å². The van der Waals surface area contributed by atoms with Crippen LogP contribution in [-0.4, -0.2) is 29.7 Å². The third-order valence-corrected chi connectivity index (χ3v) is 6.42. The van der Waals surface area contributed by atoms with E-state index in [1.165, 1.54) is 23.1 Å². The van der Waals surface area contributed by atoms with Crippen LogP contribution in [0.3, 0.4) is 0 Å². The number of thiophene rings is 1. The van der Waals surface area contributed by atoms with Crippen LogP contribution in [0.5, 0.6) is 0 Å². The number of hydrogen-bond donors (Lipinski definition) is 2. The lowest BCUT2D eigenvalue weighted by Crippen LogP contribution is -2.01. The molecule has 4 aromatic heterocycles.